The summed E-state index contributed by atoms with van der Waals surface area (Å²) in [4.78, 5) is 23.9. The standard InChI is InChI=1S/C22H24ClN3O2/c23-17-5-1-3-14(11-17)15-7-8-19(12-15)25-22(28)24-18-6-2-4-16(13-18)20-9-10-21(27)26-20/h1-6,11,13,15,19-20H,7-10,12H2,(H,26,27)(H2,24,25,28). The second-order valence-electron chi connectivity index (χ2n) is 7.64. The summed E-state index contributed by atoms with van der Waals surface area (Å²) < 4.78 is 0. The first-order valence-corrected chi connectivity index (χ1v) is 10.2. The number of urea groups is 1. The number of nitrogens with one attached hydrogen (secondary N) is 3. The highest BCUT2D eigenvalue weighted by Crippen LogP contribution is 2.35. The zero-order valence-electron chi connectivity index (χ0n) is 15.6. The Morgan fingerprint density at radius 1 is 1.04 bits per heavy atom. The molecular weight excluding hydrogens is 374 g/mol. The second-order valence-corrected chi connectivity index (χ2v) is 8.08. The van der Waals surface area contributed by atoms with Crippen LogP contribution in [0.15, 0.2) is 48.5 Å². The fourth-order valence-corrected chi connectivity index (χ4v) is 4.42. The van der Waals surface area contributed by atoms with Crippen LogP contribution >= 0.6 is 11.6 Å². The highest BCUT2D eigenvalue weighted by Gasteiger charge is 2.27. The molecule has 0 aromatic heterocycles. The predicted octanol–water partition coefficient (Wildman–Crippen LogP) is 4.75. The van der Waals surface area contributed by atoms with Gasteiger partial charge in [0, 0.05) is 23.2 Å². The molecule has 1 saturated heterocycles. The molecule has 3 amide bonds. The van der Waals surface area contributed by atoms with E-state index >= 15 is 0 Å². The smallest absolute Gasteiger partial charge is 0.319 e. The lowest BCUT2D eigenvalue weighted by molar-refractivity contribution is -0.119. The molecule has 5 nitrogen and oxygen atoms in total. The van der Waals surface area contributed by atoms with Crippen LogP contribution in [0.4, 0.5) is 10.5 Å². The number of hydrogen-bond donors (Lipinski definition) is 3. The minimum atomic E-state index is -0.190. The quantitative estimate of drug-likeness (QED) is 0.696. The number of carbonyl (C=O) groups is 2. The topological polar surface area (TPSA) is 70.2 Å². The first-order valence-electron chi connectivity index (χ1n) is 9.79. The zero-order chi connectivity index (χ0) is 19.5. The summed E-state index contributed by atoms with van der Waals surface area (Å²) in [5.41, 5.74) is 2.99. The van der Waals surface area contributed by atoms with Crippen LogP contribution in [0, 0.1) is 0 Å². The number of anilines is 1. The Morgan fingerprint density at radius 3 is 2.64 bits per heavy atom. The van der Waals surface area contributed by atoms with Crippen molar-refractivity contribution in [2.75, 3.05) is 5.32 Å². The van der Waals surface area contributed by atoms with E-state index in [1.807, 2.05) is 42.5 Å². The van der Waals surface area contributed by atoms with E-state index in [1.54, 1.807) is 0 Å². The number of halogens is 1. The fourth-order valence-electron chi connectivity index (χ4n) is 4.23. The number of amides is 3. The molecule has 1 saturated carbocycles. The number of hydrogen-bond acceptors (Lipinski definition) is 2. The van der Waals surface area contributed by atoms with Crippen molar-refractivity contribution in [3.8, 4) is 0 Å². The van der Waals surface area contributed by atoms with Gasteiger partial charge in [0.05, 0.1) is 6.04 Å². The molecule has 1 heterocycles. The van der Waals surface area contributed by atoms with Crippen LogP contribution in [-0.2, 0) is 4.79 Å². The lowest BCUT2D eigenvalue weighted by Gasteiger charge is -2.16. The molecule has 6 heteroatoms. The molecule has 1 aliphatic heterocycles. The van der Waals surface area contributed by atoms with Crippen molar-refractivity contribution in [2.45, 2.75) is 50.1 Å². The van der Waals surface area contributed by atoms with Gasteiger partial charge < -0.3 is 16.0 Å². The molecule has 3 N–H and O–H groups in total. The molecule has 4 rings (SSSR count). The van der Waals surface area contributed by atoms with Crippen molar-refractivity contribution in [1.29, 1.82) is 0 Å². The molecule has 3 unspecified atom stereocenters. The summed E-state index contributed by atoms with van der Waals surface area (Å²) in [6.45, 7) is 0. The van der Waals surface area contributed by atoms with E-state index in [0.29, 0.717) is 12.3 Å². The third-order valence-corrected chi connectivity index (χ3v) is 5.87. The molecule has 0 spiro atoms. The Morgan fingerprint density at radius 2 is 1.86 bits per heavy atom. The summed E-state index contributed by atoms with van der Waals surface area (Å²) in [6.07, 6.45) is 4.27. The largest absolute Gasteiger partial charge is 0.349 e. The maximum Gasteiger partial charge on any atom is 0.319 e. The van der Waals surface area contributed by atoms with Gasteiger partial charge in [0.2, 0.25) is 5.91 Å². The average Bonchev–Trinajstić information content (AvgIpc) is 3.31. The highest BCUT2D eigenvalue weighted by molar-refractivity contribution is 6.30. The van der Waals surface area contributed by atoms with E-state index in [2.05, 4.69) is 22.0 Å². The van der Waals surface area contributed by atoms with Crippen LogP contribution in [0.5, 0.6) is 0 Å². The molecule has 2 aromatic carbocycles. The number of benzene rings is 2. The Hall–Kier alpha value is -2.53. The SMILES string of the molecule is O=C1CCC(c2cccc(NC(=O)NC3CCC(c4cccc(Cl)c4)C3)c2)N1. The van der Waals surface area contributed by atoms with E-state index in [9.17, 15) is 9.59 Å². The van der Waals surface area contributed by atoms with E-state index in [0.717, 1.165) is 42.0 Å². The monoisotopic (exact) mass is 397 g/mol. The van der Waals surface area contributed by atoms with Crippen LogP contribution in [-0.4, -0.2) is 18.0 Å². The van der Waals surface area contributed by atoms with Gasteiger partial charge in [-0.3, -0.25) is 4.79 Å². The van der Waals surface area contributed by atoms with Crippen molar-refractivity contribution in [3.63, 3.8) is 0 Å². The fraction of sp³-hybridized carbons (Fsp3) is 0.364. The summed E-state index contributed by atoms with van der Waals surface area (Å²) in [5.74, 6) is 0.509. The van der Waals surface area contributed by atoms with E-state index in [1.165, 1.54) is 5.56 Å². The summed E-state index contributed by atoms with van der Waals surface area (Å²) >= 11 is 6.10. The van der Waals surface area contributed by atoms with E-state index < -0.39 is 0 Å². The zero-order valence-corrected chi connectivity index (χ0v) is 16.3. The molecular formula is C22H24ClN3O2. The highest BCUT2D eigenvalue weighted by atomic mass is 35.5. The van der Waals surface area contributed by atoms with Crippen LogP contribution in [0.3, 0.4) is 0 Å². The molecule has 3 atom stereocenters. The third-order valence-electron chi connectivity index (χ3n) is 5.63. The van der Waals surface area contributed by atoms with Gasteiger partial charge in [-0.15, -0.1) is 0 Å². The molecule has 2 fully saturated rings. The van der Waals surface area contributed by atoms with Crippen molar-refractivity contribution >= 4 is 29.2 Å². The van der Waals surface area contributed by atoms with Gasteiger partial charge in [-0.2, -0.15) is 0 Å². The van der Waals surface area contributed by atoms with Gasteiger partial charge in [-0.1, -0.05) is 35.9 Å². The molecule has 0 bridgehead atoms. The molecule has 1 aliphatic carbocycles. The molecule has 2 aromatic rings. The molecule has 0 radical (unpaired) electrons. The number of rotatable bonds is 4. The Balaban J connectivity index is 1.32. The van der Waals surface area contributed by atoms with Gasteiger partial charge in [0.25, 0.3) is 0 Å². The Labute approximate surface area is 169 Å². The Bertz CT molecular complexity index is 886. The van der Waals surface area contributed by atoms with Gasteiger partial charge >= 0.3 is 6.03 Å². The second kappa shape index (κ2) is 8.23. The van der Waals surface area contributed by atoms with Crippen molar-refractivity contribution < 1.29 is 9.59 Å². The number of carbonyl (C=O) groups excluding carboxylic acids is 2. The van der Waals surface area contributed by atoms with Gasteiger partial charge in [0.1, 0.15) is 0 Å². The van der Waals surface area contributed by atoms with Crippen LogP contribution < -0.4 is 16.0 Å². The minimum absolute atomic E-state index is 0.0330. The van der Waals surface area contributed by atoms with Crippen molar-refractivity contribution in [3.05, 3.63) is 64.7 Å². The maximum atomic E-state index is 12.4. The molecule has 2 aliphatic rings. The Kier molecular flexibility index (Phi) is 5.53. The predicted molar refractivity (Wildman–Crippen MR) is 111 cm³/mol. The van der Waals surface area contributed by atoms with E-state index in [4.69, 9.17) is 11.6 Å². The summed E-state index contributed by atoms with van der Waals surface area (Å²) in [7, 11) is 0. The summed E-state index contributed by atoms with van der Waals surface area (Å²) in [6, 6.07) is 15.7. The summed E-state index contributed by atoms with van der Waals surface area (Å²) in [5, 5.41) is 9.72. The third kappa shape index (κ3) is 4.47. The normalized spacial score (nSPS) is 24.0. The van der Waals surface area contributed by atoms with Gasteiger partial charge in [0.15, 0.2) is 0 Å². The van der Waals surface area contributed by atoms with Crippen molar-refractivity contribution in [1.82, 2.24) is 10.6 Å². The lowest BCUT2D eigenvalue weighted by atomic mass is 9.97. The maximum absolute atomic E-state index is 12.4. The molecule has 28 heavy (non-hydrogen) atoms. The van der Waals surface area contributed by atoms with Crippen LogP contribution in [0.1, 0.15) is 55.2 Å². The van der Waals surface area contributed by atoms with Crippen LogP contribution in [0.2, 0.25) is 5.02 Å². The average molecular weight is 398 g/mol. The molecule has 146 valence electrons. The van der Waals surface area contributed by atoms with Crippen molar-refractivity contribution in [2.24, 2.45) is 0 Å². The first-order chi connectivity index (χ1) is 13.6. The first kappa shape index (κ1) is 18.8. The van der Waals surface area contributed by atoms with Crippen LogP contribution in [0.25, 0.3) is 0 Å². The van der Waals surface area contributed by atoms with E-state index in [-0.39, 0.29) is 24.0 Å². The lowest BCUT2D eigenvalue weighted by Crippen LogP contribution is -2.36. The minimum Gasteiger partial charge on any atom is -0.349 e. The van der Waals surface area contributed by atoms with Gasteiger partial charge in [-0.05, 0) is 67.0 Å². The van der Waals surface area contributed by atoms with Gasteiger partial charge in [-0.25, -0.2) is 4.79 Å².